The van der Waals surface area contributed by atoms with Gasteiger partial charge in [0.1, 0.15) is 6.17 Å². The van der Waals surface area contributed by atoms with Gasteiger partial charge in [0.25, 0.3) is 0 Å². The van der Waals surface area contributed by atoms with Gasteiger partial charge in [0.05, 0.1) is 12.0 Å². The van der Waals surface area contributed by atoms with Crippen molar-refractivity contribution in [3.05, 3.63) is 23.8 Å². The molecule has 35 heavy (non-hydrogen) atoms. The van der Waals surface area contributed by atoms with Crippen molar-refractivity contribution < 1.29 is 37.7 Å². The molecule has 0 aromatic carbocycles. The Morgan fingerprint density at radius 3 is 2.54 bits per heavy atom. The number of aliphatic hydroxyl groups excluding tert-OH is 1. The van der Waals surface area contributed by atoms with E-state index >= 15 is 8.78 Å². The lowest BCUT2D eigenvalue weighted by Crippen LogP contribution is -2.70. The van der Waals surface area contributed by atoms with Gasteiger partial charge in [-0.3, -0.25) is 14.4 Å². The Morgan fingerprint density at radius 1 is 1.20 bits per heavy atom. The number of hydrogen-bond donors (Lipinski definition) is 2. The molecule has 1 saturated heterocycles. The molecule has 1 N–H and O–H groups in total. The van der Waals surface area contributed by atoms with Crippen molar-refractivity contribution in [2.24, 2.45) is 28.6 Å². The van der Waals surface area contributed by atoms with E-state index in [-0.39, 0.29) is 24.8 Å². The van der Waals surface area contributed by atoms with Gasteiger partial charge < -0.3 is 14.6 Å². The van der Waals surface area contributed by atoms with Gasteiger partial charge in [0.2, 0.25) is 5.12 Å². The van der Waals surface area contributed by atoms with Gasteiger partial charge >= 0.3 is 5.97 Å². The largest absolute Gasteiger partial charge is 0.449 e. The second kappa shape index (κ2) is 8.21. The second-order valence-electron chi connectivity index (χ2n) is 11.3. The summed E-state index contributed by atoms with van der Waals surface area (Å²) < 4.78 is 44.0. The van der Waals surface area contributed by atoms with Crippen LogP contribution in [-0.4, -0.2) is 58.7 Å². The lowest BCUT2D eigenvalue weighted by Gasteiger charge is -2.63. The van der Waals surface area contributed by atoms with E-state index in [4.69, 9.17) is 9.47 Å². The van der Waals surface area contributed by atoms with Gasteiger partial charge in [-0.25, -0.2) is 8.78 Å². The molecule has 192 valence electrons. The summed E-state index contributed by atoms with van der Waals surface area (Å²) in [5.74, 6) is -2.80. The fraction of sp³-hybridized carbons (Fsp3) is 0.731. The molecule has 0 aromatic heterocycles. The third-order valence-electron chi connectivity index (χ3n) is 9.92. The van der Waals surface area contributed by atoms with Gasteiger partial charge in [-0.2, -0.15) is 0 Å². The number of ether oxygens (including phenoxy) is 2. The zero-order valence-corrected chi connectivity index (χ0v) is 20.9. The molecule has 5 rings (SSSR count). The number of alkyl halides is 2. The number of fused-ring (bicyclic) bond motifs is 5. The summed E-state index contributed by atoms with van der Waals surface area (Å²) in [6.07, 6.45) is 1.68. The number of carbonyl (C=O) groups is 3. The van der Waals surface area contributed by atoms with Gasteiger partial charge in [-0.15, -0.1) is 12.6 Å². The van der Waals surface area contributed by atoms with Gasteiger partial charge in [-0.05, 0) is 69.1 Å². The van der Waals surface area contributed by atoms with Crippen LogP contribution in [0.2, 0.25) is 0 Å². The predicted molar refractivity (Wildman–Crippen MR) is 125 cm³/mol. The topological polar surface area (TPSA) is 89.9 Å². The third kappa shape index (κ3) is 3.23. The highest BCUT2D eigenvalue weighted by Gasteiger charge is 2.76. The quantitative estimate of drug-likeness (QED) is 0.447. The summed E-state index contributed by atoms with van der Waals surface area (Å²) >= 11 is 4.13. The van der Waals surface area contributed by atoms with Crippen LogP contribution in [-0.2, 0) is 23.9 Å². The Kier molecular flexibility index (Phi) is 5.89. The molecule has 9 heteroatoms. The van der Waals surface area contributed by atoms with E-state index in [1.807, 2.05) is 0 Å². The van der Waals surface area contributed by atoms with Crippen LogP contribution >= 0.6 is 12.6 Å². The van der Waals surface area contributed by atoms with Crippen LogP contribution in [0, 0.1) is 28.6 Å². The number of allylic oxidation sites excluding steroid dienone is 4. The van der Waals surface area contributed by atoms with Crippen LogP contribution in [0.15, 0.2) is 23.8 Å². The van der Waals surface area contributed by atoms with E-state index in [2.05, 4.69) is 12.6 Å². The summed E-state index contributed by atoms with van der Waals surface area (Å²) in [5, 5.41) is 10.8. The number of hydrogen-bond acceptors (Lipinski definition) is 6. The minimum absolute atomic E-state index is 0.0480. The summed E-state index contributed by atoms with van der Waals surface area (Å²) in [7, 11) is 0. The van der Waals surface area contributed by atoms with Crippen molar-refractivity contribution in [2.75, 3.05) is 13.2 Å². The van der Waals surface area contributed by atoms with E-state index < -0.39 is 69.0 Å². The van der Waals surface area contributed by atoms with Crippen molar-refractivity contribution in [2.45, 2.75) is 75.9 Å². The second-order valence-corrected chi connectivity index (χ2v) is 11.7. The zero-order chi connectivity index (χ0) is 25.4. The maximum Gasteiger partial charge on any atom is 0.310 e. The first-order chi connectivity index (χ1) is 16.4. The van der Waals surface area contributed by atoms with Crippen molar-refractivity contribution in [3.8, 4) is 0 Å². The maximum absolute atomic E-state index is 17.2. The Balaban J connectivity index is 1.54. The smallest absolute Gasteiger partial charge is 0.310 e. The summed E-state index contributed by atoms with van der Waals surface area (Å²) in [4.78, 5) is 38.1. The molecule has 0 unspecified atom stereocenters. The highest BCUT2D eigenvalue weighted by molar-refractivity contribution is 7.96. The van der Waals surface area contributed by atoms with Gasteiger partial charge in [-0.1, -0.05) is 13.0 Å². The molecule has 0 amide bonds. The zero-order valence-electron chi connectivity index (χ0n) is 20.0. The lowest BCUT2D eigenvalue weighted by atomic mass is 9.44. The highest BCUT2D eigenvalue weighted by Crippen LogP contribution is 2.70. The lowest BCUT2D eigenvalue weighted by molar-refractivity contribution is -0.228. The monoisotopic (exact) mass is 510 g/mol. The van der Waals surface area contributed by atoms with E-state index in [1.165, 1.54) is 19.1 Å². The predicted octanol–water partition coefficient (Wildman–Crippen LogP) is 3.47. The van der Waals surface area contributed by atoms with E-state index in [1.54, 1.807) is 6.92 Å². The van der Waals surface area contributed by atoms with E-state index in [0.29, 0.717) is 32.5 Å². The molecule has 0 bridgehead atoms. The van der Waals surface area contributed by atoms with Crippen LogP contribution in [0.25, 0.3) is 0 Å². The molecule has 0 aromatic rings. The minimum atomic E-state index is -2.25. The number of rotatable bonds is 3. The summed E-state index contributed by atoms with van der Waals surface area (Å²) in [6.45, 7) is 4.12. The van der Waals surface area contributed by atoms with Crippen molar-refractivity contribution in [3.63, 3.8) is 0 Å². The number of ketones is 1. The average Bonchev–Trinajstić information content (AvgIpc) is 3.10. The third-order valence-corrected chi connectivity index (χ3v) is 10.3. The van der Waals surface area contributed by atoms with Crippen LogP contribution in [0.1, 0.15) is 52.4 Å². The van der Waals surface area contributed by atoms with Gasteiger partial charge in [0, 0.05) is 30.0 Å². The molecule has 3 saturated carbocycles. The molecule has 0 radical (unpaired) electrons. The molecule has 8 atom stereocenters. The molecule has 5 aliphatic rings. The molecule has 6 nitrogen and oxygen atoms in total. The molecular weight excluding hydrogens is 478 g/mol. The molecular formula is C26H32F2O6S. The fourth-order valence-electron chi connectivity index (χ4n) is 7.94. The minimum Gasteiger partial charge on any atom is -0.449 e. The van der Waals surface area contributed by atoms with E-state index in [9.17, 15) is 19.5 Å². The standard InChI is InChI=1S/C26H32F2O6S/c1-23-7-3-15(29)11-18(23)19(27)12-17-16-4-8-25(22(32)35,24(16,2)13-20(30)26(17,23)28)34-21(31)14-5-9-33-10-6-14/h3,7,11,14,16-17,19-20,30H,4-6,8-10,12-13H2,1-2H3,(H,32,35)/t16-,17-,19-,20-,23-,24-,25-,26-/m0/s1. The first-order valence-corrected chi connectivity index (χ1v) is 12.9. The number of esters is 1. The normalized spacial score (nSPS) is 47.4. The number of thiol groups is 1. The Labute approximate surface area is 208 Å². The number of carbonyl (C=O) groups excluding carboxylic acids is 3. The molecule has 1 aliphatic heterocycles. The SMILES string of the molecule is C[C@]12C=CC(=O)C=C1[C@@H](F)C[C@H]1[C@@H]3CC[C@](OC(=O)C4CCOCC4)(C(=O)S)[C@@]3(C)C[C@H](O)[C@@]12F. The maximum atomic E-state index is 17.2. The first kappa shape index (κ1) is 25.1. The van der Waals surface area contributed by atoms with Crippen molar-refractivity contribution in [1.29, 1.82) is 0 Å². The summed E-state index contributed by atoms with van der Waals surface area (Å²) in [6, 6.07) is 0. The Hall–Kier alpha value is -1.58. The highest BCUT2D eigenvalue weighted by atomic mass is 32.1. The van der Waals surface area contributed by atoms with E-state index in [0.717, 1.165) is 6.08 Å². The molecule has 1 heterocycles. The summed E-state index contributed by atoms with van der Waals surface area (Å²) in [5.41, 5.74) is -6.47. The van der Waals surface area contributed by atoms with Crippen LogP contribution in [0.5, 0.6) is 0 Å². The van der Waals surface area contributed by atoms with Gasteiger partial charge in [0.15, 0.2) is 17.1 Å². The first-order valence-electron chi connectivity index (χ1n) is 12.4. The Morgan fingerprint density at radius 2 is 1.89 bits per heavy atom. The van der Waals surface area contributed by atoms with Crippen molar-refractivity contribution in [1.82, 2.24) is 0 Å². The number of halogens is 2. The molecule has 0 spiro atoms. The average molecular weight is 511 g/mol. The number of aliphatic hydroxyl groups is 1. The fourth-order valence-corrected chi connectivity index (χ4v) is 8.36. The Bertz CT molecular complexity index is 1020. The molecule has 4 fully saturated rings. The van der Waals surface area contributed by atoms with Crippen LogP contribution < -0.4 is 0 Å². The van der Waals surface area contributed by atoms with Crippen LogP contribution in [0.3, 0.4) is 0 Å². The van der Waals surface area contributed by atoms with Crippen LogP contribution in [0.4, 0.5) is 8.78 Å². The van der Waals surface area contributed by atoms with Crippen molar-refractivity contribution >= 4 is 29.5 Å². The molecule has 4 aliphatic carbocycles.